The third-order valence-corrected chi connectivity index (χ3v) is 4.40. The molecule has 7 heteroatoms. The first-order valence-corrected chi connectivity index (χ1v) is 9.16. The number of fused-ring (bicyclic) bond motifs is 2. The van der Waals surface area contributed by atoms with Crippen molar-refractivity contribution in [1.29, 1.82) is 0 Å². The number of carbonyl (C=O) groups is 2. The van der Waals surface area contributed by atoms with E-state index in [-0.39, 0.29) is 36.1 Å². The van der Waals surface area contributed by atoms with E-state index in [4.69, 9.17) is 4.74 Å². The van der Waals surface area contributed by atoms with Gasteiger partial charge in [-0.05, 0) is 6.42 Å². The Bertz CT molecular complexity index is 769. The Kier molecular flexibility index (Phi) is 5.73. The molecule has 0 radical (unpaired) electrons. The number of imidazole rings is 1. The van der Waals surface area contributed by atoms with Gasteiger partial charge in [-0.2, -0.15) is 4.98 Å². The van der Waals surface area contributed by atoms with Crippen LogP contribution in [0, 0.1) is 0 Å². The minimum absolute atomic E-state index is 0.0785. The molecule has 0 aliphatic carbocycles. The number of ether oxygens (including phenoxy) is 1. The molecule has 3 bridgehead atoms. The molecule has 1 N–H and O–H groups in total. The number of hydrogen-bond donors (Lipinski definition) is 1. The summed E-state index contributed by atoms with van der Waals surface area (Å²) in [6.45, 7) is 2.73. The first-order chi connectivity index (χ1) is 12.2. The molecule has 7 nitrogen and oxygen atoms in total. The van der Waals surface area contributed by atoms with Gasteiger partial charge >= 0.3 is 0 Å². The van der Waals surface area contributed by atoms with Crippen molar-refractivity contribution in [2.24, 2.45) is 0 Å². The highest BCUT2D eigenvalue weighted by Crippen LogP contribution is 2.24. The van der Waals surface area contributed by atoms with E-state index in [1.54, 1.807) is 0 Å². The number of aromatic nitrogens is 4. The van der Waals surface area contributed by atoms with Crippen molar-refractivity contribution < 1.29 is 14.3 Å². The monoisotopic (exact) mass is 344 g/mol. The van der Waals surface area contributed by atoms with Crippen molar-refractivity contribution in [1.82, 2.24) is 19.9 Å². The van der Waals surface area contributed by atoms with Crippen LogP contribution in [0.4, 0.5) is 0 Å². The van der Waals surface area contributed by atoms with Crippen LogP contribution in [0.2, 0.25) is 0 Å². The maximum atomic E-state index is 12.1. The molecule has 25 heavy (non-hydrogen) atoms. The largest absolute Gasteiger partial charge is 0.476 e. The molecule has 0 atom stereocenters. The summed E-state index contributed by atoms with van der Waals surface area (Å²) in [6.07, 6.45) is 8.56. The quantitative estimate of drug-likeness (QED) is 0.697. The number of nitrogens with zero attached hydrogens (tertiary/aromatic N) is 3. The van der Waals surface area contributed by atoms with E-state index in [1.165, 1.54) is 32.1 Å². The van der Waals surface area contributed by atoms with Crippen LogP contribution in [0.15, 0.2) is 0 Å². The van der Waals surface area contributed by atoms with Gasteiger partial charge in [0, 0.05) is 12.8 Å². The fraction of sp³-hybridized carbons (Fsp3) is 0.611. The van der Waals surface area contributed by atoms with Gasteiger partial charge in [0.1, 0.15) is 5.52 Å². The van der Waals surface area contributed by atoms with Gasteiger partial charge in [0.15, 0.2) is 17.3 Å². The minimum Gasteiger partial charge on any atom is -0.476 e. The minimum atomic E-state index is -0.250. The molecule has 3 heterocycles. The molecule has 0 saturated heterocycles. The Labute approximate surface area is 146 Å². The highest BCUT2D eigenvalue weighted by molar-refractivity contribution is 6.02. The number of Topliss-reactive ketones (excluding diaryl/α,β-unsaturated/α-hetero) is 2. The van der Waals surface area contributed by atoms with Crippen LogP contribution in [0.5, 0.6) is 5.88 Å². The Hall–Kier alpha value is -2.31. The zero-order valence-corrected chi connectivity index (χ0v) is 14.6. The summed E-state index contributed by atoms with van der Waals surface area (Å²) in [5.74, 6) is 0.172. The summed E-state index contributed by atoms with van der Waals surface area (Å²) in [7, 11) is 0. The molecule has 0 spiro atoms. The molecule has 134 valence electrons. The van der Waals surface area contributed by atoms with E-state index >= 15 is 0 Å². The third kappa shape index (κ3) is 4.21. The van der Waals surface area contributed by atoms with Crippen LogP contribution >= 0.6 is 0 Å². The predicted octanol–water partition coefficient (Wildman–Crippen LogP) is 3.64. The molecule has 0 unspecified atom stereocenters. The predicted molar refractivity (Wildman–Crippen MR) is 93.1 cm³/mol. The number of hydrogen-bond acceptors (Lipinski definition) is 6. The molecule has 0 fully saturated rings. The van der Waals surface area contributed by atoms with Crippen LogP contribution < -0.4 is 4.74 Å². The van der Waals surface area contributed by atoms with Crippen LogP contribution in [-0.2, 0) is 0 Å². The van der Waals surface area contributed by atoms with Gasteiger partial charge in [0.2, 0.25) is 17.5 Å². The Morgan fingerprint density at radius 3 is 2.44 bits per heavy atom. The normalized spacial score (nSPS) is 14.1. The summed E-state index contributed by atoms with van der Waals surface area (Å²) in [5, 5.41) is 0. The molecular formula is C18H24N4O3. The van der Waals surface area contributed by atoms with E-state index < -0.39 is 0 Å². The smallest absolute Gasteiger partial charge is 0.243 e. The number of ketones is 2. The zero-order chi connectivity index (χ0) is 17.6. The third-order valence-electron chi connectivity index (χ3n) is 4.40. The summed E-state index contributed by atoms with van der Waals surface area (Å²) in [5.41, 5.74) is 0.808. The van der Waals surface area contributed by atoms with Crippen LogP contribution in [0.3, 0.4) is 0 Å². The second-order valence-corrected chi connectivity index (χ2v) is 6.45. The van der Waals surface area contributed by atoms with Crippen LogP contribution in [-0.4, -0.2) is 38.1 Å². The fourth-order valence-corrected chi connectivity index (χ4v) is 2.92. The Morgan fingerprint density at radius 2 is 1.64 bits per heavy atom. The van der Waals surface area contributed by atoms with Gasteiger partial charge < -0.3 is 9.72 Å². The lowest BCUT2D eigenvalue weighted by Crippen LogP contribution is -2.11. The molecule has 1 aliphatic heterocycles. The summed E-state index contributed by atoms with van der Waals surface area (Å²) in [4.78, 5) is 39.6. The molecule has 0 aromatic carbocycles. The molecular weight excluding hydrogens is 320 g/mol. The summed E-state index contributed by atoms with van der Waals surface area (Å²) in [6, 6.07) is 0. The lowest BCUT2D eigenvalue weighted by molar-refractivity contribution is 0.0908. The van der Waals surface area contributed by atoms with E-state index in [1.807, 2.05) is 0 Å². The average molecular weight is 344 g/mol. The zero-order valence-electron chi connectivity index (χ0n) is 14.6. The van der Waals surface area contributed by atoms with Crippen molar-refractivity contribution >= 4 is 22.7 Å². The lowest BCUT2D eigenvalue weighted by atomic mass is 10.1. The number of nitrogens with one attached hydrogen (secondary N) is 1. The maximum absolute atomic E-state index is 12.1. The molecule has 1 aliphatic rings. The van der Waals surface area contributed by atoms with E-state index in [2.05, 4.69) is 26.9 Å². The number of H-pyrrole nitrogens is 1. The lowest BCUT2D eigenvalue weighted by Gasteiger charge is -2.08. The van der Waals surface area contributed by atoms with Crippen molar-refractivity contribution in [3.63, 3.8) is 0 Å². The Morgan fingerprint density at radius 1 is 0.920 bits per heavy atom. The van der Waals surface area contributed by atoms with Gasteiger partial charge in [-0.25, -0.2) is 9.97 Å². The molecule has 3 rings (SSSR count). The van der Waals surface area contributed by atoms with Crippen molar-refractivity contribution in [3.05, 3.63) is 11.6 Å². The molecule has 2 aromatic rings. The number of rotatable bonds is 9. The van der Waals surface area contributed by atoms with Gasteiger partial charge in [-0.1, -0.05) is 45.4 Å². The van der Waals surface area contributed by atoms with E-state index in [0.29, 0.717) is 23.7 Å². The van der Waals surface area contributed by atoms with E-state index in [9.17, 15) is 9.59 Å². The average Bonchev–Trinajstić information content (AvgIpc) is 3.06. The van der Waals surface area contributed by atoms with Crippen molar-refractivity contribution in [2.45, 2.75) is 64.7 Å². The first-order valence-electron chi connectivity index (χ1n) is 9.16. The van der Waals surface area contributed by atoms with Crippen molar-refractivity contribution in [3.8, 4) is 5.88 Å². The van der Waals surface area contributed by atoms with Gasteiger partial charge in [-0.3, -0.25) is 9.59 Å². The SMILES string of the molecule is CCCCCCCCCOc1nc2nc3nc([nH]c13)C(=O)CCC2=O. The van der Waals surface area contributed by atoms with Gasteiger partial charge in [-0.15, -0.1) is 0 Å². The van der Waals surface area contributed by atoms with E-state index in [0.717, 1.165) is 12.8 Å². The standard InChI is InChI=1S/C18H24N4O3/c1-2-3-4-5-6-7-8-11-25-18-14-17-20-15(19-14)12(23)9-10-13(24)16(21-17)22-18/h2-11H2,1H3,(H,19,20,21,22). The molecule has 0 saturated carbocycles. The van der Waals surface area contributed by atoms with Gasteiger partial charge in [0.25, 0.3) is 0 Å². The summed E-state index contributed by atoms with van der Waals surface area (Å²) >= 11 is 0. The number of unbranched alkanes of at least 4 members (excludes halogenated alkanes) is 6. The molecule has 0 amide bonds. The second kappa shape index (κ2) is 8.18. The van der Waals surface area contributed by atoms with Gasteiger partial charge in [0.05, 0.1) is 6.61 Å². The van der Waals surface area contributed by atoms with Crippen LogP contribution in [0.1, 0.15) is 85.9 Å². The first kappa shape index (κ1) is 17.5. The summed E-state index contributed by atoms with van der Waals surface area (Å²) < 4.78 is 5.77. The maximum Gasteiger partial charge on any atom is 0.243 e. The highest BCUT2D eigenvalue weighted by atomic mass is 16.5. The van der Waals surface area contributed by atoms with Crippen molar-refractivity contribution in [2.75, 3.05) is 6.61 Å². The fourth-order valence-electron chi connectivity index (χ4n) is 2.92. The highest BCUT2D eigenvalue weighted by Gasteiger charge is 2.23. The Balaban J connectivity index is 1.64. The van der Waals surface area contributed by atoms with Crippen LogP contribution in [0.25, 0.3) is 11.2 Å². The topological polar surface area (TPSA) is 97.8 Å². The second-order valence-electron chi connectivity index (χ2n) is 6.45. The molecule has 2 aromatic heterocycles. The number of aromatic amines is 1. The number of carbonyl (C=O) groups excluding carboxylic acids is 2.